The molecule has 0 bridgehead atoms. The van der Waals surface area contributed by atoms with Gasteiger partial charge in [-0.1, -0.05) is 18.6 Å². The summed E-state index contributed by atoms with van der Waals surface area (Å²) in [7, 11) is 3.32. The number of fused-ring (bicyclic) bond motifs is 1. The van der Waals surface area contributed by atoms with Gasteiger partial charge in [-0.2, -0.15) is 0 Å². The first-order valence-electron chi connectivity index (χ1n) is 10.4. The number of methoxy groups -OCH3 is 2. The van der Waals surface area contributed by atoms with Gasteiger partial charge in [0.15, 0.2) is 11.5 Å². The molecule has 2 aliphatic rings. The largest absolute Gasteiger partial charge is 0.493 e. The highest BCUT2D eigenvalue weighted by atomic mass is 32.1. The zero-order chi connectivity index (χ0) is 20.4. The summed E-state index contributed by atoms with van der Waals surface area (Å²) in [6.45, 7) is 3.01. The highest BCUT2D eigenvalue weighted by Gasteiger charge is 2.33. The van der Waals surface area contributed by atoms with Crippen LogP contribution in [0.15, 0.2) is 41.3 Å². The van der Waals surface area contributed by atoms with E-state index in [2.05, 4.69) is 30.5 Å². The maximum absolute atomic E-state index is 13.3. The first-order valence-corrected chi connectivity index (χ1v) is 11.3. The van der Waals surface area contributed by atoms with Crippen LogP contribution in [-0.2, 0) is 11.2 Å². The van der Waals surface area contributed by atoms with E-state index in [0.717, 1.165) is 36.5 Å². The van der Waals surface area contributed by atoms with E-state index in [1.165, 1.54) is 28.9 Å². The molecule has 0 unspecified atom stereocenters. The van der Waals surface area contributed by atoms with Crippen LogP contribution in [0, 0.1) is 5.92 Å². The van der Waals surface area contributed by atoms with Crippen LogP contribution in [-0.4, -0.2) is 31.6 Å². The number of benzene rings is 1. The summed E-state index contributed by atoms with van der Waals surface area (Å²) in [4.78, 5) is 16.6. The smallest absolute Gasteiger partial charge is 0.247 e. The van der Waals surface area contributed by atoms with Gasteiger partial charge < -0.3 is 14.4 Å². The molecule has 0 N–H and O–H groups in total. The fourth-order valence-electron chi connectivity index (χ4n) is 4.47. The Kier molecular flexibility index (Phi) is 5.95. The summed E-state index contributed by atoms with van der Waals surface area (Å²) in [6.07, 6.45) is 7.21. The zero-order valence-electron chi connectivity index (χ0n) is 17.4. The fourth-order valence-corrected chi connectivity index (χ4v) is 5.33. The van der Waals surface area contributed by atoms with Gasteiger partial charge in [-0.3, -0.25) is 4.79 Å². The zero-order valence-corrected chi connectivity index (χ0v) is 18.3. The second-order valence-corrected chi connectivity index (χ2v) is 9.07. The fraction of sp³-hybridized carbons (Fsp3) is 0.458. The molecule has 4 nitrogen and oxygen atoms in total. The third kappa shape index (κ3) is 4.06. The lowest BCUT2D eigenvalue weighted by atomic mass is 9.86. The van der Waals surface area contributed by atoms with Gasteiger partial charge in [-0.05, 0) is 72.7 Å². The Labute approximate surface area is 177 Å². The van der Waals surface area contributed by atoms with Gasteiger partial charge in [0.05, 0.1) is 20.3 Å². The SMILES string of the molecule is COc1cc2c(cc1OC)[C@@H](c1cccs1)N(C(=O)C=C1CCC(C)CC1)CC2. The number of hydrogen-bond donors (Lipinski definition) is 0. The van der Waals surface area contributed by atoms with Crippen LogP contribution in [0.25, 0.3) is 0 Å². The second-order valence-electron chi connectivity index (χ2n) is 8.09. The minimum atomic E-state index is -0.0783. The van der Waals surface area contributed by atoms with E-state index >= 15 is 0 Å². The molecule has 5 heteroatoms. The Morgan fingerprint density at radius 3 is 2.52 bits per heavy atom. The number of allylic oxidation sites excluding steroid dienone is 1. The predicted molar refractivity (Wildman–Crippen MR) is 117 cm³/mol. The van der Waals surface area contributed by atoms with Gasteiger partial charge >= 0.3 is 0 Å². The summed E-state index contributed by atoms with van der Waals surface area (Å²) >= 11 is 1.70. The van der Waals surface area contributed by atoms with Crippen LogP contribution in [0.4, 0.5) is 0 Å². The van der Waals surface area contributed by atoms with Gasteiger partial charge in [-0.25, -0.2) is 0 Å². The molecule has 1 aliphatic heterocycles. The van der Waals surface area contributed by atoms with Crippen molar-refractivity contribution >= 4 is 17.2 Å². The van der Waals surface area contributed by atoms with Crippen LogP contribution < -0.4 is 9.47 Å². The van der Waals surface area contributed by atoms with Gasteiger partial charge in [0.25, 0.3) is 0 Å². The van der Waals surface area contributed by atoms with Gasteiger partial charge in [0, 0.05) is 17.5 Å². The number of nitrogens with zero attached hydrogens (tertiary/aromatic N) is 1. The number of carbonyl (C=O) groups is 1. The summed E-state index contributed by atoms with van der Waals surface area (Å²) in [6, 6.07) is 8.21. The van der Waals surface area contributed by atoms with Crippen molar-refractivity contribution < 1.29 is 14.3 Å². The molecular weight excluding hydrogens is 382 g/mol. The number of hydrogen-bond acceptors (Lipinski definition) is 4. The molecule has 1 aromatic carbocycles. The average Bonchev–Trinajstić information content (AvgIpc) is 3.27. The van der Waals surface area contributed by atoms with E-state index in [0.29, 0.717) is 12.3 Å². The van der Waals surface area contributed by atoms with Crippen molar-refractivity contribution in [3.8, 4) is 11.5 Å². The van der Waals surface area contributed by atoms with Crippen molar-refractivity contribution in [3.63, 3.8) is 0 Å². The van der Waals surface area contributed by atoms with Crippen LogP contribution in [0.5, 0.6) is 11.5 Å². The molecule has 4 rings (SSSR count). The average molecular weight is 412 g/mol. The van der Waals surface area contributed by atoms with Crippen molar-refractivity contribution in [1.82, 2.24) is 4.90 Å². The first-order chi connectivity index (χ1) is 14.1. The summed E-state index contributed by atoms with van der Waals surface area (Å²) in [5.74, 6) is 2.36. The van der Waals surface area contributed by atoms with Crippen LogP contribution in [0.2, 0.25) is 0 Å². The molecule has 1 aliphatic carbocycles. The van der Waals surface area contributed by atoms with E-state index in [4.69, 9.17) is 9.47 Å². The Morgan fingerprint density at radius 1 is 1.14 bits per heavy atom. The molecule has 0 radical (unpaired) electrons. The van der Waals surface area contributed by atoms with E-state index in [1.807, 2.05) is 17.0 Å². The normalized spacial score (nSPS) is 21.5. The Balaban J connectivity index is 1.70. The van der Waals surface area contributed by atoms with Gasteiger partial charge in [0.1, 0.15) is 0 Å². The number of rotatable bonds is 4. The van der Waals surface area contributed by atoms with Crippen molar-refractivity contribution in [3.05, 3.63) is 57.3 Å². The lowest BCUT2D eigenvalue weighted by molar-refractivity contribution is -0.128. The number of ether oxygens (including phenoxy) is 2. The lowest BCUT2D eigenvalue weighted by Crippen LogP contribution is -2.39. The molecule has 1 atom stereocenters. The summed E-state index contributed by atoms with van der Waals surface area (Å²) < 4.78 is 11.1. The van der Waals surface area contributed by atoms with Crippen molar-refractivity contribution in [1.29, 1.82) is 0 Å². The third-order valence-corrected chi connectivity index (χ3v) is 7.14. The van der Waals surface area contributed by atoms with E-state index < -0.39 is 0 Å². The molecule has 154 valence electrons. The van der Waals surface area contributed by atoms with E-state index in [-0.39, 0.29) is 11.9 Å². The maximum Gasteiger partial charge on any atom is 0.247 e. The van der Waals surface area contributed by atoms with Crippen LogP contribution in [0.3, 0.4) is 0 Å². The Bertz CT molecular complexity index is 893. The third-order valence-electron chi connectivity index (χ3n) is 6.21. The molecule has 2 aromatic rings. The number of amides is 1. The topological polar surface area (TPSA) is 38.8 Å². The molecule has 1 aromatic heterocycles. The highest BCUT2D eigenvalue weighted by Crippen LogP contribution is 2.42. The van der Waals surface area contributed by atoms with Crippen molar-refractivity contribution in [2.45, 2.75) is 45.1 Å². The number of carbonyl (C=O) groups excluding carboxylic acids is 1. The highest BCUT2D eigenvalue weighted by molar-refractivity contribution is 7.10. The maximum atomic E-state index is 13.3. The van der Waals surface area contributed by atoms with Crippen molar-refractivity contribution in [2.24, 2.45) is 5.92 Å². The minimum absolute atomic E-state index is 0.0783. The Morgan fingerprint density at radius 2 is 1.86 bits per heavy atom. The summed E-state index contributed by atoms with van der Waals surface area (Å²) in [5, 5.41) is 2.08. The molecule has 29 heavy (non-hydrogen) atoms. The molecule has 1 fully saturated rings. The summed E-state index contributed by atoms with van der Waals surface area (Å²) in [5.41, 5.74) is 3.67. The molecule has 2 heterocycles. The van der Waals surface area contributed by atoms with Crippen LogP contribution in [0.1, 0.15) is 54.7 Å². The lowest BCUT2D eigenvalue weighted by Gasteiger charge is -2.37. The quantitative estimate of drug-likeness (QED) is 0.635. The molecular formula is C24H29NO3S. The molecule has 1 amide bonds. The molecule has 0 spiro atoms. The molecule has 1 saturated carbocycles. The van der Waals surface area contributed by atoms with E-state index in [1.54, 1.807) is 25.6 Å². The molecule has 0 saturated heterocycles. The number of thiophene rings is 1. The monoisotopic (exact) mass is 411 g/mol. The minimum Gasteiger partial charge on any atom is -0.493 e. The second kappa shape index (κ2) is 8.62. The van der Waals surface area contributed by atoms with Crippen LogP contribution >= 0.6 is 11.3 Å². The standard InChI is InChI=1S/C24H29NO3S/c1-16-6-8-17(9-7-16)13-23(26)25-11-10-18-14-20(27-2)21(28-3)15-19(18)24(25)22-5-4-12-29-22/h4-5,12-16,24H,6-11H2,1-3H3/t16?,24-/m0/s1. The van der Waals surface area contributed by atoms with Crippen molar-refractivity contribution in [2.75, 3.05) is 20.8 Å². The Hall–Kier alpha value is -2.27. The van der Waals surface area contributed by atoms with E-state index in [9.17, 15) is 4.79 Å². The van der Waals surface area contributed by atoms with Gasteiger partial charge in [-0.15, -0.1) is 11.3 Å². The van der Waals surface area contributed by atoms with Gasteiger partial charge in [0.2, 0.25) is 5.91 Å². The predicted octanol–water partition coefficient (Wildman–Crippen LogP) is 5.38. The first kappa shape index (κ1) is 20.0.